The zero-order valence-corrected chi connectivity index (χ0v) is 13.1. The largest absolute Gasteiger partial charge is 0.372 e. The van der Waals surface area contributed by atoms with Crippen LogP contribution < -0.4 is 10.6 Å². The van der Waals surface area contributed by atoms with E-state index in [0.29, 0.717) is 23.7 Å². The second-order valence-electron chi connectivity index (χ2n) is 4.94. The molecule has 0 saturated carbocycles. The first-order valence-corrected chi connectivity index (χ1v) is 7.30. The summed E-state index contributed by atoms with van der Waals surface area (Å²) in [6.07, 6.45) is 1.63. The van der Waals surface area contributed by atoms with Crippen LogP contribution in [0, 0.1) is 6.92 Å². The van der Waals surface area contributed by atoms with Crippen molar-refractivity contribution in [2.45, 2.75) is 13.8 Å². The third kappa shape index (κ3) is 5.19. The summed E-state index contributed by atoms with van der Waals surface area (Å²) < 4.78 is 5.04. The lowest BCUT2D eigenvalue weighted by Gasteiger charge is -2.08. The fourth-order valence-electron chi connectivity index (χ4n) is 1.92. The molecule has 23 heavy (non-hydrogen) atoms. The van der Waals surface area contributed by atoms with Gasteiger partial charge in [0.2, 0.25) is 5.91 Å². The van der Waals surface area contributed by atoms with E-state index in [1.54, 1.807) is 36.5 Å². The summed E-state index contributed by atoms with van der Waals surface area (Å²) in [5, 5.41) is 5.41. The molecule has 2 N–H and O–H groups in total. The number of ether oxygens (including phenoxy) is 1. The van der Waals surface area contributed by atoms with Crippen LogP contribution in [0.4, 0.5) is 11.5 Å². The molecule has 6 heteroatoms. The number of carbonyl (C=O) groups excluding carboxylic acids is 2. The van der Waals surface area contributed by atoms with Crippen LogP contribution in [-0.2, 0) is 9.53 Å². The van der Waals surface area contributed by atoms with Gasteiger partial charge >= 0.3 is 0 Å². The van der Waals surface area contributed by atoms with Crippen LogP contribution in [0.3, 0.4) is 0 Å². The van der Waals surface area contributed by atoms with E-state index < -0.39 is 0 Å². The zero-order valence-electron chi connectivity index (χ0n) is 13.1. The third-order valence-electron chi connectivity index (χ3n) is 3.00. The Kier molecular flexibility index (Phi) is 5.82. The minimum atomic E-state index is -0.288. The Morgan fingerprint density at radius 1 is 1.17 bits per heavy atom. The summed E-state index contributed by atoms with van der Waals surface area (Å²) in [5.41, 5.74) is 1.98. The highest BCUT2D eigenvalue weighted by Crippen LogP contribution is 2.13. The Hall–Kier alpha value is -2.73. The van der Waals surface area contributed by atoms with Gasteiger partial charge in [0.15, 0.2) is 0 Å². The van der Waals surface area contributed by atoms with Crippen molar-refractivity contribution in [3.05, 3.63) is 53.7 Å². The minimum Gasteiger partial charge on any atom is -0.372 e. The predicted octanol–water partition coefficient (Wildman–Crippen LogP) is 2.62. The molecule has 1 heterocycles. The van der Waals surface area contributed by atoms with Gasteiger partial charge in [-0.05, 0) is 49.7 Å². The third-order valence-corrected chi connectivity index (χ3v) is 3.00. The number of carbonyl (C=O) groups is 2. The fraction of sp³-hybridized carbons (Fsp3) is 0.235. The molecule has 0 bridgehead atoms. The number of nitrogens with zero attached hydrogens (tertiary/aromatic N) is 1. The molecule has 2 amide bonds. The van der Waals surface area contributed by atoms with Crippen molar-refractivity contribution in [3.8, 4) is 0 Å². The molecule has 0 saturated heterocycles. The molecule has 0 aliphatic heterocycles. The van der Waals surface area contributed by atoms with Crippen molar-refractivity contribution in [1.29, 1.82) is 0 Å². The van der Waals surface area contributed by atoms with Gasteiger partial charge in [-0.2, -0.15) is 0 Å². The normalized spacial score (nSPS) is 10.2. The highest BCUT2D eigenvalue weighted by Gasteiger charge is 2.09. The highest BCUT2D eigenvalue weighted by atomic mass is 16.5. The quantitative estimate of drug-likeness (QED) is 0.859. The Balaban J connectivity index is 2.03. The highest BCUT2D eigenvalue weighted by molar-refractivity contribution is 6.05. The van der Waals surface area contributed by atoms with Gasteiger partial charge in [0, 0.05) is 24.1 Å². The number of benzene rings is 1. The summed E-state index contributed by atoms with van der Waals surface area (Å²) in [5.74, 6) is -0.0606. The molecule has 0 atom stereocenters. The lowest BCUT2D eigenvalue weighted by atomic mass is 10.2. The average molecular weight is 313 g/mol. The van der Waals surface area contributed by atoms with E-state index in [0.717, 1.165) is 5.56 Å². The fourth-order valence-corrected chi connectivity index (χ4v) is 1.92. The van der Waals surface area contributed by atoms with Gasteiger partial charge in [-0.25, -0.2) is 4.98 Å². The number of hydrogen-bond acceptors (Lipinski definition) is 4. The molecule has 0 fully saturated rings. The first-order chi connectivity index (χ1) is 11.1. The Morgan fingerprint density at radius 3 is 2.74 bits per heavy atom. The van der Waals surface area contributed by atoms with Gasteiger partial charge in [0.25, 0.3) is 5.91 Å². The van der Waals surface area contributed by atoms with Crippen LogP contribution in [0.25, 0.3) is 0 Å². The lowest BCUT2D eigenvalue weighted by Crippen LogP contribution is -2.19. The van der Waals surface area contributed by atoms with E-state index >= 15 is 0 Å². The Morgan fingerprint density at radius 2 is 2.00 bits per heavy atom. The molecule has 0 aliphatic rings. The summed E-state index contributed by atoms with van der Waals surface area (Å²) in [7, 11) is 0. The van der Waals surface area contributed by atoms with Gasteiger partial charge in [-0.15, -0.1) is 0 Å². The van der Waals surface area contributed by atoms with E-state index in [9.17, 15) is 9.59 Å². The van der Waals surface area contributed by atoms with Crippen LogP contribution in [-0.4, -0.2) is 30.0 Å². The summed E-state index contributed by atoms with van der Waals surface area (Å²) >= 11 is 0. The molecule has 1 aromatic heterocycles. The standard InChI is InChI=1S/C17H19N3O3/c1-3-23-11-16(21)19-14-6-4-5-13(10-14)17(22)20-15-9-12(2)7-8-18-15/h4-10H,3,11H2,1-2H3,(H,19,21)(H,18,20,22). The number of hydrogen-bond donors (Lipinski definition) is 2. The van der Waals surface area contributed by atoms with Crippen molar-refractivity contribution in [1.82, 2.24) is 4.98 Å². The Labute approximate surface area is 134 Å². The minimum absolute atomic E-state index is 0.0138. The first kappa shape index (κ1) is 16.6. The molecular weight excluding hydrogens is 294 g/mol. The van der Waals surface area contributed by atoms with Crippen molar-refractivity contribution < 1.29 is 14.3 Å². The molecular formula is C17H19N3O3. The molecule has 120 valence electrons. The van der Waals surface area contributed by atoms with Crippen molar-refractivity contribution >= 4 is 23.3 Å². The molecule has 0 radical (unpaired) electrons. The number of aryl methyl sites for hydroxylation is 1. The van der Waals surface area contributed by atoms with Gasteiger partial charge in [-0.1, -0.05) is 6.07 Å². The number of rotatable bonds is 6. The maximum absolute atomic E-state index is 12.2. The average Bonchev–Trinajstić information content (AvgIpc) is 2.53. The summed E-state index contributed by atoms with van der Waals surface area (Å²) in [6, 6.07) is 10.3. The van der Waals surface area contributed by atoms with Crippen molar-refractivity contribution in [2.24, 2.45) is 0 Å². The van der Waals surface area contributed by atoms with Gasteiger partial charge in [0.05, 0.1) is 0 Å². The summed E-state index contributed by atoms with van der Waals surface area (Å²) in [4.78, 5) is 28.0. The van der Waals surface area contributed by atoms with Crippen LogP contribution >= 0.6 is 0 Å². The molecule has 0 unspecified atom stereocenters. The number of anilines is 2. The van der Waals surface area contributed by atoms with Gasteiger partial charge in [0.1, 0.15) is 12.4 Å². The number of pyridine rings is 1. The SMILES string of the molecule is CCOCC(=O)Nc1cccc(C(=O)Nc2cc(C)ccn2)c1. The number of amides is 2. The first-order valence-electron chi connectivity index (χ1n) is 7.30. The monoisotopic (exact) mass is 313 g/mol. The molecule has 2 aromatic rings. The molecule has 2 rings (SSSR count). The van der Waals surface area contributed by atoms with Gasteiger partial charge < -0.3 is 15.4 Å². The van der Waals surface area contributed by atoms with Crippen LogP contribution in [0.15, 0.2) is 42.6 Å². The second-order valence-corrected chi connectivity index (χ2v) is 4.94. The maximum Gasteiger partial charge on any atom is 0.256 e. The van der Waals surface area contributed by atoms with Crippen LogP contribution in [0.2, 0.25) is 0 Å². The zero-order chi connectivity index (χ0) is 16.7. The van der Waals surface area contributed by atoms with Crippen LogP contribution in [0.1, 0.15) is 22.8 Å². The lowest BCUT2D eigenvalue weighted by molar-refractivity contribution is -0.120. The molecule has 6 nitrogen and oxygen atoms in total. The van der Waals surface area contributed by atoms with E-state index in [1.807, 2.05) is 19.9 Å². The molecule has 1 aromatic carbocycles. The topological polar surface area (TPSA) is 80.3 Å². The van der Waals surface area contributed by atoms with E-state index in [2.05, 4.69) is 15.6 Å². The predicted molar refractivity (Wildman–Crippen MR) is 88.5 cm³/mol. The van der Waals surface area contributed by atoms with Crippen LogP contribution in [0.5, 0.6) is 0 Å². The number of aromatic nitrogens is 1. The number of nitrogens with one attached hydrogen (secondary N) is 2. The van der Waals surface area contributed by atoms with Gasteiger partial charge in [-0.3, -0.25) is 9.59 Å². The summed E-state index contributed by atoms with van der Waals surface area (Å²) in [6.45, 7) is 4.20. The Bertz CT molecular complexity index is 701. The van der Waals surface area contributed by atoms with Crippen molar-refractivity contribution in [3.63, 3.8) is 0 Å². The smallest absolute Gasteiger partial charge is 0.256 e. The van der Waals surface area contributed by atoms with Crippen molar-refractivity contribution in [2.75, 3.05) is 23.8 Å². The molecule has 0 aliphatic carbocycles. The van der Waals surface area contributed by atoms with E-state index in [1.165, 1.54) is 0 Å². The maximum atomic E-state index is 12.2. The molecule has 0 spiro atoms. The van der Waals surface area contributed by atoms with E-state index in [-0.39, 0.29) is 18.4 Å². The van der Waals surface area contributed by atoms with E-state index in [4.69, 9.17) is 4.74 Å². The second kappa shape index (κ2) is 8.05.